The topological polar surface area (TPSA) is 24.5 Å². The first-order valence-electron chi connectivity index (χ1n) is 7.83. The van der Waals surface area contributed by atoms with Gasteiger partial charge < -0.3 is 15.0 Å². The quantitative estimate of drug-likeness (QED) is 0.863. The van der Waals surface area contributed by atoms with Crippen molar-refractivity contribution in [2.75, 3.05) is 27.2 Å². The number of nitrogens with zero attached hydrogens (tertiary/aromatic N) is 1. The molecule has 2 atom stereocenters. The number of rotatable bonds is 6. The van der Waals surface area contributed by atoms with E-state index in [-0.39, 0.29) is 0 Å². The van der Waals surface area contributed by atoms with E-state index in [0.29, 0.717) is 12.1 Å². The second-order valence-electron chi connectivity index (χ2n) is 6.25. The van der Waals surface area contributed by atoms with Crippen molar-refractivity contribution in [2.45, 2.75) is 38.3 Å². The summed E-state index contributed by atoms with van der Waals surface area (Å²) in [4.78, 5) is 2.57. The monoisotopic (exact) mass is 274 g/mol. The molecule has 0 heterocycles. The Labute approximate surface area is 122 Å². The highest BCUT2D eigenvalue weighted by Crippen LogP contribution is 2.38. The highest BCUT2D eigenvalue weighted by atomic mass is 16.5. The number of hydrogen-bond donors (Lipinski definition) is 1. The van der Waals surface area contributed by atoms with Gasteiger partial charge in [0, 0.05) is 18.6 Å². The molecule has 0 aromatic heterocycles. The maximum absolute atomic E-state index is 5.39. The number of ether oxygens (including phenoxy) is 1. The minimum atomic E-state index is 0.439. The van der Waals surface area contributed by atoms with E-state index >= 15 is 0 Å². The fourth-order valence-corrected chi connectivity index (χ4v) is 3.45. The van der Waals surface area contributed by atoms with Gasteiger partial charge in [-0.1, -0.05) is 13.0 Å². The van der Waals surface area contributed by atoms with Crippen LogP contribution < -0.4 is 10.1 Å². The van der Waals surface area contributed by atoms with Crippen molar-refractivity contribution in [1.29, 1.82) is 0 Å². The summed E-state index contributed by atoms with van der Waals surface area (Å²) in [6, 6.07) is 7.56. The predicted octanol–water partition coefficient (Wildman–Crippen LogP) is 2.61. The van der Waals surface area contributed by atoms with E-state index < -0.39 is 0 Å². The largest absolute Gasteiger partial charge is 0.497 e. The summed E-state index contributed by atoms with van der Waals surface area (Å²) in [5.41, 5.74) is 2.91. The van der Waals surface area contributed by atoms with Gasteiger partial charge in [0.2, 0.25) is 0 Å². The molecule has 2 aliphatic rings. The van der Waals surface area contributed by atoms with Crippen molar-refractivity contribution in [2.24, 2.45) is 5.92 Å². The lowest BCUT2D eigenvalue weighted by atomic mass is 10.1. The van der Waals surface area contributed by atoms with Gasteiger partial charge in [-0.15, -0.1) is 0 Å². The van der Waals surface area contributed by atoms with Crippen LogP contribution in [0.15, 0.2) is 18.2 Å². The Hall–Kier alpha value is -1.06. The van der Waals surface area contributed by atoms with Gasteiger partial charge in [-0.05, 0) is 62.0 Å². The molecule has 3 heteroatoms. The molecular weight excluding hydrogens is 248 g/mol. The third-order valence-corrected chi connectivity index (χ3v) is 4.74. The SMILES string of the molecule is CCNC1c2cc(OC)ccc2CC1N(C)CC1CC1. The molecule has 1 fully saturated rings. The summed E-state index contributed by atoms with van der Waals surface area (Å²) in [6.07, 6.45) is 3.99. The zero-order chi connectivity index (χ0) is 14.1. The highest BCUT2D eigenvalue weighted by Gasteiger charge is 2.36. The summed E-state index contributed by atoms with van der Waals surface area (Å²) in [5.74, 6) is 1.91. The molecule has 0 aliphatic heterocycles. The van der Waals surface area contributed by atoms with Gasteiger partial charge in [0.25, 0.3) is 0 Å². The van der Waals surface area contributed by atoms with E-state index in [1.807, 2.05) is 0 Å². The molecule has 1 N–H and O–H groups in total. The fraction of sp³-hybridized carbons (Fsp3) is 0.647. The molecule has 1 aromatic rings. The van der Waals surface area contributed by atoms with E-state index in [0.717, 1.165) is 24.6 Å². The molecule has 0 radical (unpaired) electrons. The van der Waals surface area contributed by atoms with Crippen LogP contribution in [0.25, 0.3) is 0 Å². The van der Waals surface area contributed by atoms with E-state index in [1.165, 1.54) is 30.5 Å². The lowest BCUT2D eigenvalue weighted by molar-refractivity contribution is 0.198. The summed E-state index contributed by atoms with van der Waals surface area (Å²) in [6.45, 7) is 4.45. The van der Waals surface area contributed by atoms with Crippen LogP contribution >= 0.6 is 0 Å². The minimum absolute atomic E-state index is 0.439. The Morgan fingerprint density at radius 3 is 2.80 bits per heavy atom. The van der Waals surface area contributed by atoms with Crippen molar-refractivity contribution in [1.82, 2.24) is 10.2 Å². The molecule has 2 aliphatic carbocycles. The average Bonchev–Trinajstić information content (AvgIpc) is 3.19. The first-order valence-corrected chi connectivity index (χ1v) is 7.83. The molecule has 3 nitrogen and oxygen atoms in total. The number of benzene rings is 1. The van der Waals surface area contributed by atoms with Crippen molar-refractivity contribution >= 4 is 0 Å². The van der Waals surface area contributed by atoms with E-state index in [4.69, 9.17) is 4.74 Å². The first-order chi connectivity index (χ1) is 9.72. The molecule has 2 unspecified atom stereocenters. The van der Waals surface area contributed by atoms with Crippen LogP contribution in [0, 0.1) is 5.92 Å². The fourth-order valence-electron chi connectivity index (χ4n) is 3.45. The van der Waals surface area contributed by atoms with Crippen LogP contribution in [0.4, 0.5) is 0 Å². The molecule has 110 valence electrons. The lowest BCUT2D eigenvalue weighted by Gasteiger charge is -2.30. The van der Waals surface area contributed by atoms with E-state index in [2.05, 4.69) is 42.4 Å². The van der Waals surface area contributed by atoms with Gasteiger partial charge >= 0.3 is 0 Å². The summed E-state index contributed by atoms with van der Waals surface area (Å²) >= 11 is 0. The standard InChI is InChI=1S/C17H26N2O/c1-4-18-17-15-10-14(20-3)8-7-13(15)9-16(17)19(2)11-12-5-6-12/h7-8,10,12,16-18H,4-6,9,11H2,1-3H3. The van der Waals surface area contributed by atoms with Crippen LogP contribution in [0.1, 0.15) is 36.9 Å². The summed E-state index contributed by atoms with van der Waals surface area (Å²) in [5, 5.41) is 3.68. The summed E-state index contributed by atoms with van der Waals surface area (Å²) in [7, 11) is 4.03. The van der Waals surface area contributed by atoms with Gasteiger partial charge in [-0.3, -0.25) is 0 Å². The molecule has 0 saturated heterocycles. The van der Waals surface area contributed by atoms with E-state index in [1.54, 1.807) is 7.11 Å². The van der Waals surface area contributed by atoms with Crippen LogP contribution in [-0.4, -0.2) is 38.2 Å². The second kappa shape index (κ2) is 5.74. The number of fused-ring (bicyclic) bond motifs is 1. The van der Waals surface area contributed by atoms with Crippen molar-refractivity contribution in [3.05, 3.63) is 29.3 Å². The van der Waals surface area contributed by atoms with Gasteiger partial charge in [0.15, 0.2) is 0 Å². The Morgan fingerprint density at radius 2 is 2.15 bits per heavy atom. The average molecular weight is 274 g/mol. The third-order valence-electron chi connectivity index (χ3n) is 4.74. The van der Waals surface area contributed by atoms with Crippen LogP contribution in [0.2, 0.25) is 0 Å². The predicted molar refractivity (Wildman–Crippen MR) is 82.3 cm³/mol. The molecular formula is C17H26N2O. The normalized spacial score (nSPS) is 25.0. The number of nitrogens with one attached hydrogen (secondary N) is 1. The molecule has 0 amide bonds. The van der Waals surface area contributed by atoms with Crippen LogP contribution in [-0.2, 0) is 6.42 Å². The molecule has 1 aromatic carbocycles. The van der Waals surface area contributed by atoms with Gasteiger partial charge in [-0.2, -0.15) is 0 Å². The van der Waals surface area contributed by atoms with Crippen LogP contribution in [0.5, 0.6) is 5.75 Å². The number of methoxy groups -OCH3 is 1. The molecule has 1 saturated carbocycles. The second-order valence-corrected chi connectivity index (χ2v) is 6.25. The van der Waals surface area contributed by atoms with E-state index in [9.17, 15) is 0 Å². The first kappa shape index (κ1) is 13.9. The van der Waals surface area contributed by atoms with Crippen molar-refractivity contribution < 1.29 is 4.74 Å². The zero-order valence-electron chi connectivity index (χ0n) is 12.9. The molecule has 0 bridgehead atoms. The van der Waals surface area contributed by atoms with Gasteiger partial charge in [0.1, 0.15) is 5.75 Å². The maximum atomic E-state index is 5.39. The van der Waals surface area contributed by atoms with Gasteiger partial charge in [0.05, 0.1) is 7.11 Å². The smallest absolute Gasteiger partial charge is 0.119 e. The van der Waals surface area contributed by atoms with Crippen molar-refractivity contribution in [3.63, 3.8) is 0 Å². The number of likely N-dealkylation sites (N-methyl/N-ethyl adjacent to an activating group) is 2. The molecule has 3 rings (SSSR count). The summed E-state index contributed by atoms with van der Waals surface area (Å²) < 4.78 is 5.39. The minimum Gasteiger partial charge on any atom is -0.497 e. The Morgan fingerprint density at radius 1 is 1.35 bits per heavy atom. The zero-order valence-corrected chi connectivity index (χ0v) is 12.9. The molecule has 0 spiro atoms. The van der Waals surface area contributed by atoms with Crippen molar-refractivity contribution in [3.8, 4) is 5.75 Å². The highest BCUT2D eigenvalue weighted by molar-refractivity contribution is 5.42. The van der Waals surface area contributed by atoms with Crippen LogP contribution in [0.3, 0.4) is 0 Å². The third kappa shape index (κ3) is 2.70. The molecule has 20 heavy (non-hydrogen) atoms. The maximum Gasteiger partial charge on any atom is 0.119 e. The van der Waals surface area contributed by atoms with Gasteiger partial charge in [-0.25, -0.2) is 0 Å². The Bertz CT molecular complexity index is 470. The Balaban J connectivity index is 1.81. The number of hydrogen-bond acceptors (Lipinski definition) is 3. The lowest BCUT2D eigenvalue weighted by Crippen LogP contribution is -2.41. The Kier molecular flexibility index (Phi) is 3.99.